The van der Waals surface area contributed by atoms with Gasteiger partial charge in [-0.2, -0.15) is 0 Å². The smallest absolute Gasteiger partial charge is 0.335 e. The van der Waals surface area contributed by atoms with Crippen molar-refractivity contribution in [1.29, 1.82) is 0 Å². The normalized spacial score (nSPS) is 17.4. The number of ether oxygens (including phenoxy) is 1. The summed E-state index contributed by atoms with van der Waals surface area (Å²) in [6.45, 7) is 4.73. The molecule has 21 heavy (non-hydrogen) atoms. The number of benzene rings is 1. The molecule has 0 bridgehead atoms. The maximum absolute atomic E-state index is 10.9. The molecule has 0 unspecified atom stereocenters. The van der Waals surface area contributed by atoms with Crippen LogP contribution in [0.25, 0.3) is 0 Å². The van der Waals surface area contributed by atoms with Crippen molar-refractivity contribution < 1.29 is 14.6 Å². The van der Waals surface area contributed by atoms with Crippen molar-refractivity contribution in [2.75, 3.05) is 19.7 Å². The second-order valence-corrected chi connectivity index (χ2v) is 6.23. The lowest BCUT2D eigenvalue weighted by atomic mass is 9.76. The predicted octanol–water partition coefficient (Wildman–Crippen LogP) is 3.32. The van der Waals surface area contributed by atoms with Crippen LogP contribution in [0.5, 0.6) is 5.75 Å². The largest absolute Gasteiger partial charge is 0.492 e. The molecule has 0 atom stereocenters. The minimum absolute atomic E-state index is 0.259. The molecule has 1 fully saturated rings. The molecule has 1 aliphatic rings. The molecule has 2 rings (SSSR count). The van der Waals surface area contributed by atoms with Crippen LogP contribution >= 0.6 is 0 Å². The Bertz CT molecular complexity index is 467. The predicted molar refractivity (Wildman–Crippen MR) is 83.0 cm³/mol. The number of hydrogen-bond acceptors (Lipinski definition) is 3. The fourth-order valence-corrected chi connectivity index (χ4v) is 2.93. The zero-order valence-corrected chi connectivity index (χ0v) is 12.7. The van der Waals surface area contributed by atoms with E-state index >= 15 is 0 Å². The molecular formula is C17H25NO3. The average Bonchev–Trinajstić information content (AvgIpc) is 2.48. The summed E-state index contributed by atoms with van der Waals surface area (Å²) >= 11 is 0. The van der Waals surface area contributed by atoms with Gasteiger partial charge in [0.2, 0.25) is 0 Å². The molecule has 0 saturated heterocycles. The molecule has 0 aliphatic heterocycles. The average molecular weight is 291 g/mol. The van der Waals surface area contributed by atoms with E-state index in [9.17, 15) is 4.79 Å². The molecule has 1 aromatic rings. The van der Waals surface area contributed by atoms with Crippen molar-refractivity contribution in [3.05, 3.63) is 29.8 Å². The number of carboxylic acids is 1. The molecule has 0 amide bonds. The molecule has 0 radical (unpaired) electrons. The van der Waals surface area contributed by atoms with E-state index in [2.05, 4.69) is 12.2 Å². The standard InChI is InChI=1S/C17H25NO3/c1-17(8-3-2-4-9-17)13-18-10-11-21-15-7-5-6-14(12-15)16(19)20/h5-7,12,18H,2-4,8-11,13H2,1H3,(H,19,20). The molecule has 116 valence electrons. The Balaban J connectivity index is 1.67. The Morgan fingerprint density at radius 1 is 1.33 bits per heavy atom. The Hall–Kier alpha value is -1.55. The lowest BCUT2D eigenvalue weighted by Gasteiger charge is -2.33. The van der Waals surface area contributed by atoms with E-state index in [1.54, 1.807) is 24.3 Å². The van der Waals surface area contributed by atoms with Gasteiger partial charge in [0, 0.05) is 13.1 Å². The van der Waals surface area contributed by atoms with Crippen molar-refractivity contribution in [3.63, 3.8) is 0 Å². The van der Waals surface area contributed by atoms with Gasteiger partial charge < -0.3 is 15.2 Å². The summed E-state index contributed by atoms with van der Waals surface area (Å²) < 4.78 is 5.59. The van der Waals surface area contributed by atoms with Crippen LogP contribution in [0, 0.1) is 5.41 Å². The highest BCUT2D eigenvalue weighted by Crippen LogP contribution is 2.34. The van der Waals surface area contributed by atoms with Gasteiger partial charge in [-0.05, 0) is 36.5 Å². The quantitative estimate of drug-likeness (QED) is 0.757. The molecule has 0 spiro atoms. The number of nitrogens with one attached hydrogen (secondary N) is 1. The molecular weight excluding hydrogens is 266 g/mol. The van der Waals surface area contributed by atoms with Crippen molar-refractivity contribution in [2.45, 2.75) is 39.0 Å². The Morgan fingerprint density at radius 3 is 2.81 bits per heavy atom. The van der Waals surface area contributed by atoms with Crippen LogP contribution in [0.3, 0.4) is 0 Å². The molecule has 1 saturated carbocycles. The summed E-state index contributed by atoms with van der Waals surface area (Å²) in [5, 5.41) is 12.4. The fraction of sp³-hybridized carbons (Fsp3) is 0.588. The highest BCUT2D eigenvalue weighted by molar-refractivity contribution is 5.87. The first-order chi connectivity index (χ1) is 10.1. The molecule has 1 aromatic carbocycles. The van der Waals surface area contributed by atoms with Crippen molar-refractivity contribution in [3.8, 4) is 5.75 Å². The minimum Gasteiger partial charge on any atom is -0.492 e. The van der Waals surface area contributed by atoms with Gasteiger partial charge >= 0.3 is 5.97 Å². The van der Waals surface area contributed by atoms with Gasteiger partial charge in [0.1, 0.15) is 12.4 Å². The zero-order chi connectivity index (χ0) is 15.1. The number of carbonyl (C=O) groups is 1. The van der Waals surface area contributed by atoms with Gasteiger partial charge in [0.05, 0.1) is 5.56 Å². The monoisotopic (exact) mass is 291 g/mol. The van der Waals surface area contributed by atoms with E-state index in [0.717, 1.165) is 13.1 Å². The number of aromatic carboxylic acids is 1. The first-order valence-electron chi connectivity index (χ1n) is 7.76. The second kappa shape index (κ2) is 7.46. The zero-order valence-electron chi connectivity index (χ0n) is 12.7. The van der Waals surface area contributed by atoms with Crippen molar-refractivity contribution in [2.24, 2.45) is 5.41 Å². The first-order valence-corrected chi connectivity index (χ1v) is 7.76. The Morgan fingerprint density at radius 2 is 2.10 bits per heavy atom. The number of rotatable bonds is 7. The third-order valence-corrected chi connectivity index (χ3v) is 4.24. The van der Waals surface area contributed by atoms with Gasteiger partial charge in [-0.25, -0.2) is 4.79 Å². The number of carboxylic acid groups (broad SMARTS) is 1. The lowest BCUT2D eigenvalue weighted by Crippen LogP contribution is -2.35. The fourth-order valence-electron chi connectivity index (χ4n) is 2.93. The summed E-state index contributed by atoms with van der Waals surface area (Å²) in [4.78, 5) is 10.9. The summed E-state index contributed by atoms with van der Waals surface area (Å²) in [5.41, 5.74) is 0.691. The number of hydrogen-bond donors (Lipinski definition) is 2. The van der Waals surface area contributed by atoms with E-state index in [-0.39, 0.29) is 5.56 Å². The molecule has 2 N–H and O–H groups in total. The van der Waals surface area contributed by atoms with Crippen LogP contribution in [0.15, 0.2) is 24.3 Å². The van der Waals surface area contributed by atoms with Gasteiger partial charge in [0.25, 0.3) is 0 Å². The maximum atomic E-state index is 10.9. The second-order valence-electron chi connectivity index (χ2n) is 6.23. The minimum atomic E-state index is -0.927. The van der Waals surface area contributed by atoms with Crippen LogP contribution in [0.1, 0.15) is 49.4 Å². The highest BCUT2D eigenvalue weighted by atomic mass is 16.5. The van der Waals surface area contributed by atoms with E-state index in [1.807, 2.05) is 0 Å². The third-order valence-electron chi connectivity index (χ3n) is 4.24. The van der Waals surface area contributed by atoms with Crippen LogP contribution < -0.4 is 10.1 Å². The van der Waals surface area contributed by atoms with Crippen LogP contribution in [-0.4, -0.2) is 30.8 Å². The maximum Gasteiger partial charge on any atom is 0.335 e. The summed E-state index contributed by atoms with van der Waals surface area (Å²) in [6.07, 6.45) is 6.68. The molecule has 4 heteroatoms. The summed E-state index contributed by atoms with van der Waals surface area (Å²) in [6, 6.07) is 6.62. The summed E-state index contributed by atoms with van der Waals surface area (Å²) in [7, 11) is 0. The van der Waals surface area contributed by atoms with E-state index in [0.29, 0.717) is 17.8 Å². The van der Waals surface area contributed by atoms with E-state index < -0.39 is 5.97 Å². The molecule has 1 aliphatic carbocycles. The molecule has 0 aromatic heterocycles. The van der Waals surface area contributed by atoms with Crippen LogP contribution in [0.2, 0.25) is 0 Å². The first kappa shape index (κ1) is 15.8. The Labute approximate surface area is 126 Å². The van der Waals surface area contributed by atoms with E-state index in [4.69, 9.17) is 9.84 Å². The highest BCUT2D eigenvalue weighted by Gasteiger charge is 2.25. The molecule has 4 nitrogen and oxygen atoms in total. The van der Waals surface area contributed by atoms with Gasteiger partial charge in [-0.3, -0.25) is 0 Å². The SMILES string of the molecule is CC1(CNCCOc2cccc(C(=O)O)c2)CCCCC1. The van der Waals surface area contributed by atoms with E-state index in [1.165, 1.54) is 32.1 Å². The Kier molecular flexibility index (Phi) is 5.62. The topological polar surface area (TPSA) is 58.6 Å². The van der Waals surface area contributed by atoms with Gasteiger partial charge in [-0.1, -0.05) is 32.3 Å². The lowest BCUT2D eigenvalue weighted by molar-refractivity contribution is 0.0696. The van der Waals surface area contributed by atoms with Crippen molar-refractivity contribution >= 4 is 5.97 Å². The van der Waals surface area contributed by atoms with Crippen LogP contribution in [0.4, 0.5) is 0 Å². The molecule has 0 heterocycles. The van der Waals surface area contributed by atoms with Gasteiger partial charge in [-0.15, -0.1) is 0 Å². The van der Waals surface area contributed by atoms with Crippen LogP contribution in [-0.2, 0) is 0 Å². The van der Waals surface area contributed by atoms with Crippen molar-refractivity contribution in [1.82, 2.24) is 5.32 Å². The summed E-state index contributed by atoms with van der Waals surface area (Å²) in [5.74, 6) is -0.315. The third kappa shape index (κ3) is 5.05. The van der Waals surface area contributed by atoms with Gasteiger partial charge in [0.15, 0.2) is 0 Å².